The number of aliphatic imine (C=N–C) groups is 1. The van der Waals surface area contributed by atoms with Crippen LogP contribution in [0.1, 0.15) is 111 Å². The topological polar surface area (TPSA) is 85.3 Å². The number of carbonyl (C=O) groups is 1. The molecule has 37 heavy (non-hydrogen) atoms. The van der Waals surface area contributed by atoms with E-state index in [9.17, 15) is 13.2 Å². The van der Waals surface area contributed by atoms with E-state index in [0.29, 0.717) is 5.92 Å². The van der Waals surface area contributed by atoms with E-state index in [0.717, 1.165) is 70.6 Å². The van der Waals surface area contributed by atoms with Gasteiger partial charge >= 0.3 is 5.97 Å². The summed E-state index contributed by atoms with van der Waals surface area (Å²) in [4.78, 5) is 17.6. The Bertz CT molecular complexity index is 949. The van der Waals surface area contributed by atoms with Crippen molar-refractivity contribution in [1.29, 1.82) is 0 Å². The predicted molar refractivity (Wildman–Crippen MR) is 145 cm³/mol. The lowest BCUT2D eigenvalue weighted by molar-refractivity contribution is -0.160. The van der Waals surface area contributed by atoms with Crippen LogP contribution in [0.15, 0.2) is 4.99 Å². The van der Waals surface area contributed by atoms with Gasteiger partial charge in [0.25, 0.3) is 0 Å². The van der Waals surface area contributed by atoms with E-state index >= 15 is 0 Å². The first-order valence-corrected chi connectivity index (χ1v) is 16.6. The molecule has 1 aliphatic heterocycles. The van der Waals surface area contributed by atoms with Crippen LogP contribution >= 0.6 is 0 Å². The van der Waals surface area contributed by atoms with Gasteiger partial charge in [-0.25, -0.2) is 18.2 Å². The van der Waals surface area contributed by atoms with Gasteiger partial charge in [-0.2, -0.15) is 4.31 Å². The molecule has 4 fully saturated rings. The SMILES string of the molecule is CC(C)[C@@H]1OC=N[C@H]1C(=O)O[C@@H]1C[C@H]2CC[C@]1(CS(=O)(=O)N(C1CCCCC1)C1CCCCC1)C2(C)C. The number of ether oxygens (including phenoxy) is 2. The van der Waals surface area contributed by atoms with E-state index in [1.165, 1.54) is 19.2 Å². The minimum atomic E-state index is -3.54. The molecule has 0 amide bonds. The van der Waals surface area contributed by atoms with Crippen molar-refractivity contribution < 1.29 is 22.7 Å². The summed E-state index contributed by atoms with van der Waals surface area (Å²) in [7, 11) is -3.54. The largest absolute Gasteiger partial charge is 0.477 e. The Morgan fingerprint density at radius 2 is 1.62 bits per heavy atom. The summed E-state index contributed by atoms with van der Waals surface area (Å²) < 4.78 is 42.9. The molecule has 2 bridgehead atoms. The normalized spacial score (nSPS) is 36.4. The summed E-state index contributed by atoms with van der Waals surface area (Å²) in [5.41, 5.74) is -0.771. The van der Waals surface area contributed by atoms with Crippen molar-refractivity contribution in [2.45, 2.75) is 141 Å². The van der Waals surface area contributed by atoms with Crippen LogP contribution < -0.4 is 0 Å². The minimum Gasteiger partial charge on any atom is -0.477 e. The molecule has 4 aliphatic carbocycles. The summed E-state index contributed by atoms with van der Waals surface area (Å²) >= 11 is 0. The second kappa shape index (κ2) is 10.4. The molecule has 1 heterocycles. The second-order valence-corrected chi connectivity index (χ2v) is 15.4. The Balaban J connectivity index is 1.42. The predicted octanol–water partition coefficient (Wildman–Crippen LogP) is 5.47. The molecule has 5 atom stereocenters. The number of nitrogens with zero attached hydrogens (tertiary/aromatic N) is 2. The number of esters is 1. The van der Waals surface area contributed by atoms with Gasteiger partial charge in [0.15, 0.2) is 12.4 Å². The van der Waals surface area contributed by atoms with Gasteiger partial charge in [-0.15, -0.1) is 0 Å². The van der Waals surface area contributed by atoms with Crippen LogP contribution in [0, 0.1) is 22.7 Å². The van der Waals surface area contributed by atoms with Crippen molar-refractivity contribution in [3.63, 3.8) is 0 Å². The third-order valence-corrected chi connectivity index (χ3v) is 13.0. The number of fused-ring (bicyclic) bond motifs is 2. The summed E-state index contributed by atoms with van der Waals surface area (Å²) in [6.07, 6.45) is 14.0. The van der Waals surface area contributed by atoms with Gasteiger partial charge in [-0.1, -0.05) is 66.2 Å². The molecular formula is C29H48N2O5S. The first-order chi connectivity index (χ1) is 17.6. The van der Waals surface area contributed by atoms with Gasteiger partial charge in [-0.3, -0.25) is 0 Å². The minimum absolute atomic E-state index is 0.0898. The zero-order valence-corrected chi connectivity index (χ0v) is 24.2. The molecule has 0 aromatic carbocycles. The highest BCUT2D eigenvalue weighted by molar-refractivity contribution is 7.89. The van der Waals surface area contributed by atoms with Crippen LogP contribution in [-0.4, -0.2) is 61.2 Å². The average Bonchev–Trinajstić information content (AvgIpc) is 3.49. The van der Waals surface area contributed by atoms with Crippen LogP contribution in [0.4, 0.5) is 0 Å². The fourth-order valence-electron chi connectivity index (χ4n) is 8.59. The highest BCUT2D eigenvalue weighted by Gasteiger charge is 2.67. The molecule has 0 saturated heterocycles. The van der Waals surface area contributed by atoms with Crippen LogP contribution in [-0.2, 0) is 24.3 Å². The Morgan fingerprint density at radius 3 is 2.16 bits per heavy atom. The summed E-state index contributed by atoms with van der Waals surface area (Å²) in [5, 5.41) is 0. The molecule has 0 radical (unpaired) electrons. The van der Waals surface area contributed by atoms with Crippen LogP contribution in [0.25, 0.3) is 0 Å². The Kier molecular flexibility index (Phi) is 7.74. The van der Waals surface area contributed by atoms with E-state index < -0.39 is 27.6 Å². The highest BCUT2D eigenvalue weighted by atomic mass is 32.2. The summed E-state index contributed by atoms with van der Waals surface area (Å²) in [6.45, 7) is 8.46. The maximum absolute atomic E-state index is 14.5. The zero-order valence-electron chi connectivity index (χ0n) is 23.4. The van der Waals surface area contributed by atoms with E-state index in [4.69, 9.17) is 9.47 Å². The number of carbonyl (C=O) groups excluding carboxylic acids is 1. The van der Waals surface area contributed by atoms with Crippen molar-refractivity contribution in [2.75, 3.05) is 5.75 Å². The van der Waals surface area contributed by atoms with E-state index in [1.54, 1.807) is 0 Å². The van der Waals surface area contributed by atoms with Crippen molar-refractivity contribution in [1.82, 2.24) is 4.31 Å². The molecule has 0 unspecified atom stereocenters. The zero-order chi connectivity index (χ0) is 26.4. The molecule has 5 rings (SSSR count). The maximum atomic E-state index is 14.5. The van der Waals surface area contributed by atoms with Gasteiger partial charge in [0.1, 0.15) is 12.2 Å². The number of sulfonamides is 1. The lowest BCUT2D eigenvalue weighted by atomic mass is 9.69. The quantitative estimate of drug-likeness (QED) is 0.384. The monoisotopic (exact) mass is 536 g/mol. The molecule has 7 nitrogen and oxygen atoms in total. The van der Waals surface area contributed by atoms with E-state index in [1.807, 2.05) is 18.2 Å². The molecular weight excluding hydrogens is 488 g/mol. The molecule has 0 N–H and O–H groups in total. The first-order valence-electron chi connectivity index (χ1n) is 15.0. The fourth-order valence-corrected chi connectivity index (χ4v) is 11.4. The van der Waals surface area contributed by atoms with E-state index in [2.05, 4.69) is 18.8 Å². The fraction of sp³-hybridized carbons (Fsp3) is 0.931. The number of hydrogen-bond acceptors (Lipinski definition) is 6. The van der Waals surface area contributed by atoms with E-state index in [-0.39, 0.29) is 41.2 Å². The highest BCUT2D eigenvalue weighted by Crippen LogP contribution is 2.67. The summed E-state index contributed by atoms with van der Waals surface area (Å²) in [5.74, 6) is 0.217. The van der Waals surface area contributed by atoms with Gasteiger partial charge < -0.3 is 9.47 Å². The van der Waals surface area contributed by atoms with Gasteiger partial charge in [0, 0.05) is 17.5 Å². The second-order valence-electron chi connectivity index (χ2n) is 13.5. The third kappa shape index (κ3) is 4.87. The Labute approximate surface area is 224 Å². The van der Waals surface area contributed by atoms with Gasteiger partial charge in [0.05, 0.1) is 5.75 Å². The standard InChI is InChI=1S/C29H48N2O5S/c1-20(2)26-25(30-19-35-26)27(32)36-24-17-21-15-16-29(24,28(21,3)4)18-37(33,34)31(22-11-7-5-8-12-22)23-13-9-6-10-14-23/h19-26H,5-18H2,1-4H3/t21-,24-,25-,26+,29-/m1/s1. The van der Waals surface area contributed by atoms with Crippen LogP contribution in [0.3, 0.4) is 0 Å². The number of hydrogen-bond donors (Lipinski definition) is 0. The van der Waals surface area contributed by atoms with Crippen molar-refractivity contribution in [3.05, 3.63) is 0 Å². The lowest BCUT2D eigenvalue weighted by Gasteiger charge is -2.46. The van der Waals surface area contributed by atoms with Crippen molar-refractivity contribution in [3.8, 4) is 0 Å². The first kappa shape index (κ1) is 27.4. The van der Waals surface area contributed by atoms with Crippen molar-refractivity contribution in [2.24, 2.45) is 27.7 Å². The lowest BCUT2D eigenvalue weighted by Crippen LogP contribution is -2.55. The summed E-state index contributed by atoms with van der Waals surface area (Å²) in [6, 6.07) is -0.424. The van der Waals surface area contributed by atoms with Crippen LogP contribution in [0.2, 0.25) is 0 Å². The molecule has 0 aromatic rings. The Morgan fingerprint density at radius 1 is 1.03 bits per heavy atom. The smallest absolute Gasteiger partial charge is 0.335 e. The average molecular weight is 537 g/mol. The molecule has 4 saturated carbocycles. The van der Waals surface area contributed by atoms with Gasteiger partial charge in [-0.05, 0) is 62.2 Å². The Hall–Kier alpha value is -1.15. The van der Waals surface area contributed by atoms with Crippen molar-refractivity contribution >= 4 is 22.4 Å². The molecule has 0 aromatic heterocycles. The number of rotatable bonds is 8. The van der Waals surface area contributed by atoms with Gasteiger partial charge in [0.2, 0.25) is 10.0 Å². The molecule has 8 heteroatoms. The molecule has 0 spiro atoms. The van der Waals surface area contributed by atoms with Crippen LogP contribution in [0.5, 0.6) is 0 Å². The maximum Gasteiger partial charge on any atom is 0.335 e. The third-order valence-electron chi connectivity index (χ3n) is 10.9. The molecule has 5 aliphatic rings. The molecule has 210 valence electrons.